The van der Waals surface area contributed by atoms with Crippen LogP contribution in [0, 0.1) is 0 Å². The molecule has 6 nitrogen and oxygen atoms in total. The molecule has 144 valence electrons. The first-order valence-corrected chi connectivity index (χ1v) is 9.99. The van der Waals surface area contributed by atoms with Crippen molar-refractivity contribution in [3.63, 3.8) is 0 Å². The van der Waals surface area contributed by atoms with E-state index in [1.54, 1.807) is 18.3 Å². The van der Waals surface area contributed by atoms with Gasteiger partial charge in [-0.3, -0.25) is 4.79 Å². The van der Waals surface area contributed by atoms with Crippen LogP contribution in [0.5, 0.6) is 11.5 Å². The molecule has 0 saturated heterocycles. The van der Waals surface area contributed by atoms with Gasteiger partial charge in [-0.15, -0.1) is 11.3 Å². The molecule has 1 aromatic heterocycles. The maximum Gasteiger partial charge on any atom is 0.306 e. The third-order valence-electron chi connectivity index (χ3n) is 4.35. The fourth-order valence-electron chi connectivity index (χ4n) is 3.04. The lowest BCUT2D eigenvalue weighted by Gasteiger charge is -2.16. The van der Waals surface area contributed by atoms with Crippen LogP contribution in [0.2, 0.25) is 0 Å². The number of hydrogen-bond acceptors (Lipinski definition) is 7. The van der Waals surface area contributed by atoms with Gasteiger partial charge in [-0.1, -0.05) is 6.07 Å². The number of rotatable bonds is 10. The van der Waals surface area contributed by atoms with E-state index in [4.69, 9.17) is 14.2 Å². The second-order valence-electron chi connectivity index (χ2n) is 6.31. The van der Waals surface area contributed by atoms with E-state index in [1.807, 2.05) is 23.6 Å². The third-order valence-corrected chi connectivity index (χ3v) is 5.31. The number of carbonyl (C=O) groups is 2. The Bertz CT molecular complexity index is 788. The van der Waals surface area contributed by atoms with Gasteiger partial charge in [0.05, 0.1) is 23.7 Å². The van der Waals surface area contributed by atoms with E-state index >= 15 is 0 Å². The van der Waals surface area contributed by atoms with Gasteiger partial charge in [-0.25, -0.2) is 4.98 Å². The van der Waals surface area contributed by atoms with Crippen molar-refractivity contribution in [2.45, 2.75) is 44.9 Å². The molecular weight excluding hydrogens is 366 g/mol. The minimum Gasteiger partial charge on any atom is -0.466 e. The van der Waals surface area contributed by atoms with E-state index in [0.29, 0.717) is 25.2 Å². The molecule has 7 heteroatoms. The van der Waals surface area contributed by atoms with Crippen LogP contribution < -0.4 is 9.47 Å². The topological polar surface area (TPSA) is 74.7 Å². The highest BCUT2D eigenvalue weighted by Gasteiger charge is 2.22. The first kappa shape index (κ1) is 19.4. The zero-order valence-corrected chi connectivity index (χ0v) is 16.1. The molecule has 3 rings (SSSR count). The highest BCUT2D eigenvalue weighted by Crippen LogP contribution is 2.36. The Morgan fingerprint density at radius 3 is 3.04 bits per heavy atom. The molecule has 1 aliphatic heterocycles. The molecule has 0 fully saturated rings. The Kier molecular flexibility index (Phi) is 6.81. The lowest BCUT2D eigenvalue weighted by Crippen LogP contribution is -2.13. The van der Waals surface area contributed by atoms with Crippen molar-refractivity contribution in [1.82, 2.24) is 4.98 Å². The van der Waals surface area contributed by atoms with Crippen LogP contribution >= 0.6 is 11.3 Å². The molecule has 0 bridgehead atoms. The maximum absolute atomic E-state index is 12.1. The molecule has 1 aliphatic rings. The van der Waals surface area contributed by atoms with E-state index in [0.717, 1.165) is 41.1 Å². The number of benzene rings is 1. The van der Waals surface area contributed by atoms with E-state index < -0.39 is 0 Å². The molecule has 1 unspecified atom stereocenters. The molecule has 0 aliphatic carbocycles. The Morgan fingerprint density at radius 1 is 1.37 bits per heavy atom. The van der Waals surface area contributed by atoms with Crippen LogP contribution in [0.25, 0.3) is 0 Å². The molecule has 1 aromatic carbocycles. The summed E-state index contributed by atoms with van der Waals surface area (Å²) < 4.78 is 16.0. The second-order valence-corrected chi connectivity index (χ2v) is 7.26. The number of nitrogens with zero attached hydrogens (tertiary/aromatic N) is 1. The average Bonchev–Trinajstić information content (AvgIpc) is 3.30. The number of hydrogen-bond donors (Lipinski definition) is 0. The number of fused-ring (bicyclic) bond motifs is 1. The molecule has 0 saturated carbocycles. The van der Waals surface area contributed by atoms with Crippen LogP contribution in [0.4, 0.5) is 0 Å². The Morgan fingerprint density at radius 2 is 2.22 bits per heavy atom. The van der Waals surface area contributed by atoms with Gasteiger partial charge in [0.15, 0.2) is 11.5 Å². The standard InChI is InChI=1S/C20H23NO5S/c1-2-24-20(23)11-15(14-6-7-17-18(10-14)26-13-25-17)9-16-12-27-19(21-16)5-3-4-8-22/h6-8,10,12,15H,2-5,9,11,13H2,1H3. The van der Waals surface area contributed by atoms with Crippen LogP contribution in [-0.2, 0) is 27.2 Å². The van der Waals surface area contributed by atoms with E-state index in [1.165, 1.54) is 0 Å². The normalized spacial score (nSPS) is 13.4. The molecule has 2 heterocycles. The highest BCUT2D eigenvalue weighted by molar-refractivity contribution is 7.09. The number of aryl methyl sites for hydroxylation is 1. The minimum absolute atomic E-state index is 0.0523. The van der Waals surface area contributed by atoms with Crippen molar-refractivity contribution in [1.29, 1.82) is 0 Å². The summed E-state index contributed by atoms with van der Waals surface area (Å²) >= 11 is 1.60. The molecule has 0 amide bonds. The van der Waals surface area contributed by atoms with Crippen molar-refractivity contribution >= 4 is 23.6 Å². The summed E-state index contributed by atoms with van der Waals surface area (Å²) in [6.45, 7) is 2.39. The highest BCUT2D eigenvalue weighted by atomic mass is 32.1. The molecule has 0 radical (unpaired) electrons. The number of aromatic nitrogens is 1. The summed E-state index contributed by atoms with van der Waals surface area (Å²) in [5, 5.41) is 3.05. The summed E-state index contributed by atoms with van der Waals surface area (Å²) in [7, 11) is 0. The molecular formula is C20H23NO5S. The van der Waals surface area contributed by atoms with Gasteiger partial charge in [0.2, 0.25) is 6.79 Å². The molecule has 27 heavy (non-hydrogen) atoms. The van der Waals surface area contributed by atoms with Gasteiger partial charge < -0.3 is 19.0 Å². The summed E-state index contributed by atoms with van der Waals surface area (Å²) in [6.07, 6.45) is 4.02. The second kappa shape index (κ2) is 9.50. The third kappa shape index (κ3) is 5.29. The van der Waals surface area contributed by atoms with Gasteiger partial charge in [0.1, 0.15) is 6.29 Å². The Balaban J connectivity index is 1.74. The number of esters is 1. The summed E-state index contributed by atoms with van der Waals surface area (Å²) in [5.74, 6) is 1.15. The number of ether oxygens (including phenoxy) is 3. The van der Waals surface area contributed by atoms with E-state index in [-0.39, 0.29) is 25.1 Å². The average molecular weight is 389 g/mol. The largest absolute Gasteiger partial charge is 0.466 e. The van der Waals surface area contributed by atoms with Crippen LogP contribution in [0.1, 0.15) is 48.4 Å². The molecule has 0 spiro atoms. The number of unbranched alkanes of at least 4 members (excludes halogenated alkanes) is 1. The Hall–Kier alpha value is -2.41. The number of aldehydes is 1. The van der Waals surface area contributed by atoms with Crippen LogP contribution in [-0.4, -0.2) is 30.6 Å². The van der Waals surface area contributed by atoms with E-state index in [9.17, 15) is 9.59 Å². The van der Waals surface area contributed by atoms with Gasteiger partial charge >= 0.3 is 5.97 Å². The van der Waals surface area contributed by atoms with Gasteiger partial charge in [0.25, 0.3) is 0 Å². The van der Waals surface area contributed by atoms with Gasteiger partial charge in [-0.2, -0.15) is 0 Å². The summed E-state index contributed by atoms with van der Waals surface area (Å²) in [4.78, 5) is 27.2. The van der Waals surface area contributed by atoms with Crippen molar-refractivity contribution < 1.29 is 23.8 Å². The lowest BCUT2D eigenvalue weighted by atomic mass is 9.91. The smallest absolute Gasteiger partial charge is 0.306 e. The minimum atomic E-state index is -0.221. The SMILES string of the molecule is CCOC(=O)CC(Cc1csc(CCCC=O)n1)c1ccc2c(c1)OCO2. The predicted molar refractivity (Wildman–Crippen MR) is 101 cm³/mol. The summed E-state index contributed by atoms with van der Waals surface area (Å²) in [6, 6.07) is 5.78. The van der Waals surface area contributed by atoms with Crippen LogP contribution in [0.15, 0.2) is 23.6 Å². The first-order chi connectivity index (χ1) is 13.2. The number of carbonyl (C=O) groups excluding carboxylic acids is 2. The van der Waals surface area contributed by atoms with E-state index in [2.05, 4.69) is 4.98 Å². The number of thiazole rings is 1. The van der Waals surface area contributed by atoms with Gasteiger partial charge in [0, 0.05) is 17.7 Å². The molecule has 0 N–H and O–H groups in total. The Labute approximate surface area is 162 Å². The molecule has 1 atom stereocenters. The van der Waals surface area contributed by atoms with Crippen molar-refractivity contribution in [3.8, 4) is 11.5 Å². The fraction of sp³-hybridized carbons (Fsp3) is 0.450. The maximum atomic E-state index is 12.1. The first-order valence-electron chi connectivity index (χ1n) is 9.11. The zero-order valence-electron chi connectivity index (χ0n) is 15.3. The summed E-state index contributed by atoms with van der Waals surface area (Å²) in [5.41, 5.74) is 1.95. The van der Waals surface area contributed by atoms with Gasteiger partial charge in [-0.05, 0) is 43.9 Å². The van der Waals surface area contributed by atoms with Crippen LogP contribution in [0.3, 0.4) is 0 Å². The predicted octanol–water partition coefficient (Wildman–Crippen LogP) is 3.67. The van der Waals surface area contributed by atoms with Crippen molar-refractivity contribution in [2.75, 3.05) is 13.4 Å². The van der Waals surface area contributed by atoms with Crippen molar-refractivity contribution in [3.05, 3.63) is 39.8 Å². The molecule has 2 aromatic rings. The fourth-order valence-corrected chi connectivity index (χ4v) is 3.90. The van der Waals surface area contributed by atoms with Crippen molar-refractivity contribution in [2.24, 2.45) is 0 Å². The lowest BCUT2D eigenvalue weighted by molar-refractivity contribution is -0.143. The monoisotopic (exact) mass is 389 g/mol. The zero-order chi connectivity index (χ0) is 19.1. The quantitative estimate of drug-likeness (QED) is 0.351.